The molecule has 0 fully saturated rings. The van der Waals surface area contributed by atoms with Gasteiger partial charge in [-0.2, -0.15) is 0 Å². The molecule has 4 aromatic rings. The molecule has 4 nitrogen and oxygen atoms in total. The summed E-state index contributed by atoms with van der Waals surface area (Å²) in [6.45, 7) is 16.4. The van der Waals surface area contributed by atoms with Gasteiger partial charge in [-0.3, -0.25) is 0 Å². The van der Waals surface area contributed by atoms with E-state index >= 15 is 0 Å². The van der Waals surface area contributed by atoms with E-state index in [0.29, 0.717) is 26.4 Å². The maximum Gasteiger partial charge on any atom is 0.136 e. The molecule has 1 aliphatic carbocycles. The highest BCUT2D eigenvalue weighted by atomic mass is 16.5. The van der Waals surface area contributed by atoms with Gasteiger partial charge in [0.1, 0.15) is 23.0 Å². The minimum absolute atomic E-state index is 0.702. The molecule has 54 heavy (non-hydrogen) atoms. The molecule has 4 heteroatoms. The van der Waals surface area contributed by atoms with Crippen LogP contribution in [0.5, 0.6) is 23.0 Å². The highest BCUT2D eigenvalue weighted by Gasteiger charge is 2.28. The number of fused-ring (bicyclic) bond motifs is 4. The van der Waals surface area contributed by atoms with Gasteiger partial charge in [-0.1, -0.05) is 167 Å². The molecule has 1 aliphatic rings. The monoisotopic (exact) mass is 737 g/mol. The Morgan fingerprint density at radius 3 is 0.926 bits per heavy atom. The third-order valence-corrected chi connectivity index (χ3v) is 11.4. The fraction of sp³-hybridized carbons (Fsp3) is 0.600. The molecule has 0 atom stereocenters. The van der Waals surface area contributed by atoms with Crippen LogP contribution in [0.25, 0.3) is 21.5 Å². The second-order valence-electron chi connectivity index (χ2n) is 15.9. The Bertz CT molecular complexity index is 1820. The van der Waals surface area contributed by atoms with E-state index in [1.807, 2.05) is 0 Å². The van der Waals surface area contributed by atoms with Gasteiger partial charge in [0.2, 0.25) is 0 Å². The van der Waals surface area contributed by atoms with Crippen LogP contribution in [0.1, 0.15) is 167 Å². The van der Waals surface area contributed by atoms with Gasteiger partial charge in [-0.05, 0) is 50.7 Å². The van der Waals surface area contributed by atoms with Gasteiger partial charge in [-0.25, -0.2) is 0 Å². The Hall–Kier alpha value is -3.40. The van der Waals surface area contributed by atoms with Gasteiger partial charge in [0.05, 0.1) is 26.4 Å². The molecule has 0 saturated heterocycles. The second kappa shape index (κ2) is 22.2. The largest absolute Gasteiger partial charge is 0.492 e. The standard InChI is InChI=1S/C50H72O4/c1-7-11-15-19-23-33-51-47-39-31-27-29-37(5)41(39)49(53-35-25-21-17-13-9-3)45-43(47)44-46(45)50(54-36-26-22-18-14-10-4)42-38(6)30-28-32-40(42)48(44)52-34-24-20-16-12-8-2/h27-32H,7-26,33-36H2,1-6H3. The highest BCUT2D eigenvalue weighted by molar-refractivity contribution is 6.00. The Labute approximate surface area is 327 Å². The first-order valence-corrected chi connectivity index (χ1v) is 22.3. The van der Waals surface area contributed by atoms with E-state index in [2.05, 4.69) is 77.9 Å². The molecule has 0 N–H and O–H groups in total. The van der Waals surface area contributed by atoms with Crippen molar-refractivity contribution in [2.75, 3.05) is 26.4 Å². The van der Waals surface area contributed by atoms with Crippen molar-refractivity contribution in [3.05, 3.63) is 68.4 Å². The van der Waals surface area contributed by atoms with Crippen LogP contribution in [-0.2, 0) is 0 Å². The lowest BCUT2D eigenvalue weighted by Crippen LogP contribution is -2.11. The summed E-state index contributed by atoms with van der Waals surface area (Å²) in [7, 11) is 0. The second-order valence-corrected chi connectivity index (χ2v) is 15.9. The minimum atomic E-state index is 0.702. The summed E-state index contributed by atoms with van der Waals surface area (Å²) in [6, 6.07) is 13.3. The molecule has 5 rings (SSSR count). The highest BCUT2D eigenvalue weighted by Crippen LogP contribution is 2.48. The first-order chi connectivity index (χ1) is 26.6. The van der Waals surface area contributed by atoms with E-state index in [1.54, 1.807) is 0 Å². The molecular weight excluding hydrogens is 665 g/mol. The zero-order valence-corrected chi connectivity index (χ0v) is 35.1. The molecule has 0 bridgehead atoms. The molecule has 0 radical (unpaired) electrons. The number of benzene rings is 4. The number of hydrogen-bond donors (Lipinski definition) is 0. The molecule has 4 aromatic carbocycles. The van der Waals surface area contributed by atoms with Crippen molar-refractivity contribution in [2.24, 2.45) is 0 Å². The third-order valence-electron chi connectivity index (χ3n) is 11.4. The maximum atomic E-state index is 7.02. The Morgan fingerprint density at radius 2 is 0.611 bits per heavy atom. The van der Waals surface area contributed by atoms with E-state index in [9.17, 15) is 0 Å². The van der Waals surface area contributed by atoms with Crippen LogP contribution in [0.2, 0.25) is 0 Å². The molecule has 0 aromatic heterocycles. The average molecular weight is 737 g/mol. The van der Waals surface area contributed by atoms with Gasteiger partial charge in [-0.15, -0.1) is 0 Å². The fourth-order valence-electron chi connectivity index (χ4n) is 8.29. The zero-order valence-electron chi connectivity index (χ0n) is 35.1. The van der Waals surface area contributed by atoms with Crippen LogP contribution in [-0.4, -0.2) is 26.4 Å². The van der Waals surface area contributed by atoms with E-state index < -0.39 is 0 Å². The van der Waals surface area contributed by atoms with Gasteiger partial charge >= 0.3 is 0 Å². The van der Waals surface area contributed by atoms with Gasteiger partial charge in [0, 0.05) is 42.4 Å². The van der Waals surface area contributed by atoms with Gasteiger partial charge in [0.15, 0.2) is 0 Å². The Balaban J connectivity index is 1.75. The SMILES string of the molecule is CCCCCCCOc1c2c(c(OCCCCCCC)c3c(C)cccc13)=c1c(OCCCCCCC)c3c(C)cccc3c(OCCCCCCC)c1=2. The van der Waals surface area contributed by atoms with E-state index in [-0.39, 0.29) is 0 Å². The number of ether oxygens (including phenoxy) is 4. The van der Waals surface area contributed by atoms with Gasteiger partial charge < -0.3 is 18.9 Å². The van der Waals surface area contributed by atoms with Crippen LogP contribution in [0, 0.1) is 34.7 Å². The summed E-state index contributed by atoms with van der Waals surface area (Å²) < 4.78 is 28.0. The summed E-state index contributed by atoms with van der Waals surface area (Å²) in [4.78, 5) is 0. The predicted octanol–water partition coefficient (Wildman–Crippen LogP) is 14.9. The van der Waals surface area contributed by atoms with Crippen molar-refractivity contribution in [3.8, 4) is 23.0 Å². The summed E-state index contributed by atoms with van der Waals surface area (Å²) >= 11 is 0. The topological polar surface area (TPSA) is 36.9 Å². The number of rotatable bonds is 28. The number of hydrogen-bond acceptors (Lipinski definition) is 4. The normalized spacial score (nSPS) is 11.8. The summed E-state index contributed by atoms with van der Waals surface area (Å²) in [5.41, 5.74) is 2.44. The third kappa shape index (κ3) is 10.1. The Kier molecular flexibility index (Phi) is 17.2. The van der Waals surface area contributed by atoms with Gasteiger partial charge in [0.25, 0.3) is 0 Å². The lowest BCUT2D eigenvalue weighted by molar-refractivity contribution is 0.289. The molecule has 296 valence electrons. The molecule has 0 unspecified atom stereocenters. The van der Waals surface area contributed by atoms with Crippen molar-refractivity contribution in [1.82, 2.24) is 0 Å². The number of aryl methyl sites for hydroxylation is 2. The van der Waals surface area contributed by atoms with Crippen LogP contribution >= 0.6 is 0 Å². The molecular formula is C50H72O4. The zero-order chi connectivity index (χ0) is 38.1. The summed E-state index contributed by atoms with van der Waals surface area (Å²) in [6.07, 6.45) is 24.1. The van der Waals surface area contributed by atoms with Crippen molar-refractivity contribution in [2.45, 2.75) is 170 Å². The lowest BCUT2D eigenvalue weighted by Gasteiger charge is -2.25. The smallest absolute Gasteiger partial charge is 0.136 e. The van der Waals surface area contributed by atoms with E-state index in [4.69, 9.17) is 18.9 Å². The molecule has 0 aliphatic heterocycles. The fourth-order valence-corrected chi connectivity index (χ4v) is 8.29. The number of unbranched alkanes of at least 4 members (excludes halogenated alkanes) is 16. The first-order valence-electron chi connectivity index (χ1n) is 22.3. The summed E-state index contributed by atoms with van der Waals surface area (Å²) in [5, 5.41) is 9.23. The van der Waals surface area contributed by atoms with Crippen LogP contribution < -0.4 is 18.9 Å². The van der Waals surface area contributed by atoms with Crippen molar-refractivity contribution in [3.63, 3.8) is 0 Å². The molecule has 0 saturated carbocycles. The molecule has 0 heterocycles. The van der Waals surface area contributed by atoms with E-state index in [0.717, 1.165) is 80.3 Å². The predicted molar refractivity (Wildman–Crippen MR) is 230 cm³/mol. The lowest BCUT2D eigenvalue weighted by atomic mass is 9.89. The summed E-state index contributed by atoms with van der Waals surface area (Å²) in [5.74, 6) is 3.94. The maximum absolute atomic E-state index is 7.02. The minimum Gasteiger partial charge on any atom is -0.492 e. The quantitative estimate of drug-likeness (QED) is 0.0479. The van der Waals surface area contributed by atoms with E-state index in [1.165, 1.54) is 125 Å². The van der Waals surface area contributed by atoms with Crippen LogP contribution in [0.3, 0.4) is 0 Å². The molecule has 0 amide bonds. The van der Waals surface area contributed by atoms with Crippen molar-refractivity contribution >= 4 is 21.5 Å². The van der Waals surface area contributed by atoms with Crippen LogP contribution in [0.15, 0.2) is 36.4 Å². The molecule has 0 spiro atoms. The van der Waals surface area contributed by atoms with Crippen molar-refractivity contribution < 1.29 is 18.9 Å². The average Bonchev–Trinajstić information content (AvgIpc) is 3.16. The van der Waals surface area contributed by atoms with Crippen LogP contribution in [0.4, 0.5) is 0 Å². The Morgan fingerprint density at radius 1 is 0.333 bits per heavy atom. The van der Waals surface area contributed by atoms with Crippen molar-refractivity contribution in [1.29, 1.82) is 0 Å². The first kappa shape index (κ1) is 41.8.